The molecule has 1 fully saturated rings. The Morgan fingerprint density at radius 2 is 1.81 bits per heavy atom. The molecule has 4 rings (SSSR count). The number of phenolic OH excluding ortho intramolecular Hbond substituents is 1. The number of phenols is 1. The van der Waals surface area contributed by atoms with Crippen LogP contribution in [0.15, 0.2) is 59.7 Å². The highest BCUT2D eigenvalue weighted by molar-refractivity contribution is 6.32. The highest BCUT2D eigenvalue weighted by atomic mass is 35.5. The van der Waals surface area contributed by atoms with Crippen LogP contribution in [0.1, 0.15) is 29.8 Å². The molecular weight excluding hydrogens is 480 g/mol. The molecular formula is C27H29ClN4O4. The molecule has 1 saturated heterocycles. The van der Waals surface area contributed by atoms with Crippen LogP contribution in [-0.2, 0) is 4.79 Å². The average Bonchev–Trinajstić information content (AvgIpc) is 2.89. The number of aromatic hydroxyl groups is 1. The number of fused-ring (bicyclic) bond motifs is 1. The number of nitrogens with one attached hydrogen (secondary N) is 1. The minimum Gasteiger partial charge on any atom is -0.506 e. The SMILES string of the molecule is CC(C)N1CCN(C(=O)COc2ccc(C=NNC(=O)c3ccc(O)c(Cl)c3)c3ccccc23)CC1. The van der Waals surface area contributed by atoms with Crippen LogP contribution < -0.4 is 10.2 Å². The van der Waals surface area contributed by atoms with Crippen molar-refractivity contribution >= 4 is 40.4 Å². The van der Waals surface area contributed by atoms with E-state index in [2.05, 4.69) is 29.3 Å². The maximum Gasteiger partial charge on any atom is 0.271 e. The molecule has 0 unspecified atom stereocenters. The standard InChI is InChI=1S/C27H29ClN4O4/c1-18(2)31-11-13-32(14-12-31)26(34)17-36-25-10-8-20(21-5-3-4-6-22(21)25)16-29-30-27(35)19-7-9-24(33)23(28)15-19/h3-10,15-16,18,33H,11-14,17H2,1-2H3,(H,30,35). The number of benzene rings is 3. The molecule has 1 aliphatic heterocycles. The first-order valence-corrected chi connectivity index (χ1v) is 12.2. The van der Waals surface area contributed by atoms with Crippen molar-refractivity contribution in [2.24, 2.45) is 5.10 Å². The summed E-state index contributed by atoms with van der Waals surface area (Å²) in [4.78, 5) is 29.2. The first-order valence-electron chi connectivity index (χ1n) is 11.8. The summed E-state index contributed by atoms with van der Waals surface area (Å²) in [5, 5.41) is 15.4. The third-order valence-corrected chi connectivity index (χ3v) is 6.55. The number of rotatable bonds is 7. The molecule has 36 heavy (non-hydrogen) atoms. The number of nitrogens with zero attached hydrogens (tertiary/aromatic N) is 3. The highest BCUT2D eigenvalue weighted by Gasteiger charge is 2.22. The maximum absolute atomic E-state index is 12.7. The summed E-state index contributed by atoms with van der Waals surface area (Å²) in [7, 11) is 0. The number of ether oxygens (including phenoxy) is 1. The van der Waals surface area contributed by atoms with Crippen LogP contribution in [0.2, 0.25) is 5.02 Å². The van der Waals surface area contributed by atoms with E-state index < -0.39 is 5.91 Å². The number of carbonyl (C=O) groups is 2. The summed E-state index contributed by atoms with van der Waals surface area (Å²) in [5.41, 5.74) is 3.52. The molecule has 2 amide bonds. The zero-order chi connectivity index (χ0) is 25.7. The van der Waals surface area contributed by atoms with Crippen LogP contribution in [0.25, 0.3) is 10.8 Å². The van der Waals surface area contributed by atoms with E-state index in [1.807, 2.05) is 35.2 Å². The Balaban J connectivity index is 1.41. The molecule has 0 bridgehead atoms. The normalized spacial score (nSPS) is 14.5. The quantitative estimate of drug-likeness (QED) is 0.373. The highest BCUT2D eigenvalue weighted by Crippen LogP contribution is 2.28. The molecule has 0 aliphatic carbocycles. The Morgan fingerprint density at radius 3 is 2.50 bits per heavy atom. The molecule has 0 radical (unpaired) electrons. The van der Waals surface area contributed by atoms with E-state index in [0.717, 1.165) is 29.4 Å². The van der Waals surface area contributed by atoms with Gasteiger partial charge >= 0.3 is 0 Å². The lowest BCUT2D eigenvalue weighted by Gasteiger charge is -2.36. The number of halogens is 1. The summed E-state index contributed by atoms with van der Waals surface area (Å²) in [5.74, 6) is 0.0379. The van der Waals surface area contributed by atoms with E-state index >= 15 is 0 Å². The van der Waals surface area contributed by atoms with Gasteiger partial charge in [-0.2, -0.15) is 5.10 Å². The smallest absolute Gasteiger partial charge is 0.271 e. The van der Waals surface area contributed by atoms with E-state index in [9.17, 15) is 14.7 Å². The largest absolute Gasteiger partial charge is 0.506 e. The van der Waals surface area contributed by atoms with Gasteiger partial charge < -0.3 is 14.7 Å². The van der Waals surface area contributed by atoms with Gasteiger partial charge in [-0.25, -0.2) is 5.43 Å². The number of hydrogen-bond donors (Lipinski definition) is 2. The number of hydrogen-bond acceptors (Lipinski definition) is 6. The summed E-state index contributed by atoms with van der Waals surface area (Å²) in [6.45, 7) is 7.47. The molecule has 188 valence electrons. The Bertz CT molecular complexity index is 1290. The van der Waals surface area contributed by atoms with E-state index in [-0.39, 0.29) is 28.8 Å². The topological polar surface area (TPSA) is 94.5 Å². The van der Waals surface area contributed by atoms with Gasteiger partial charge in [0.15, 0.2) is 6.61 Å². The fourth-order valence-electron chi connectivity index (χ4n) is 4.12. The van der Waals surface area contributed by atoms with Gasteiger partial charge in [0, 0.05) is 48.7 Å². The Labute approximate surface area is 215 Å². The van der Waals surface area contributed by atoms with E-state index in [1.54, 1.807) is 12.3 Å². The Hall–Kier alpha value is -3.62. The Kier molecular flexibility index (Phi) is 8.07. The van der Waals surface area contributed by atoms with Crippen molar-refractivity contribution in [2.75, 3.05) is 32.8 Å². The number of amides is 2. The van der Waals surface area contributed by atoms with E-state index in [1.165, 1.54) is 18.2 Å². The van der Waals surface area contributed by atoms with Crippen molar-refractivity contribution in [3.05, 3.63) is 70.7 Å². The average molecular weight is 509 g/mol. The second-order valence-electron chi connectivity index (χ2n) is 8.86. The van der Waals surface area contributed by atoms with Crippen molar-refractivity contribution in [3.63, 3.8) is 0 Å². The third-order valence-electron chi connectivity index (χ3n) is 6.25. The van der Waals surface area contributed by atoms with Crippen molar-refractivity contribution in [3.8, 4) is 11.5 Å². The zero-order valence-corrected chi connectivity index (χ0v) is 21.0. The minimum atomic E-state index is -0.454. The molecule has 2 N–H and O–H groups in total. The summed E-state index contributed by atoms with van der Waals surface area (Å²) < 4.78 is 5.93. The third kappa shape index (κ3) is 5.95. The van der Waals surface area contributed by atoms with Gasteiger partial charge in [-0.05, 0) is 49.6 Å². The maximum atomic E-state index is 12.7. The van der Waals surface area contributed by atoms with Crippen LogP contribution in [0.4, 0.5) is 0 Å². The number of hydrazone groups is 1. The molecule has 0 saturated carbocycles. The molecule has 3 aromatic carbocycles. The Morgan fingerprint density at radius 1 is 1.08 bits per heavy atom. The van der Waals surface area contributed by atoms with Gasteiger partial charge in [-0.3, -0.25) is 14.5 Å². The molecule has 0 atom stereocenters. The van der Waals surface area contributed by atoms with Crippen LogP contribution in [0, 0.1) is 0 Å². The van der Waals surface area contributed by atoms with E-state index in [0.29, 0.717) is 24.9 Å². The lowest BCUT2D eigenvalue weighted by Crippen LogP contribution is -2.51. The first kappa shape index (κ1) is 25.5. The van der Waals surface area contributed by atoms with Crippen LogP contribution in [0.5, 0.6) is 11.5 Å². The van der Waals surface area contributed by atoms with E-state index in [4.69, 9.17) is 16.3 Å². The second-order valence-corrected chi connectivity index (χ2v) is 9.27. The fraction of sp³-hybridized carbons (Fsp3) is 0.296. The lowest BCUT2D eigenvalue weighted by molar-refractivity contribution is -0.135. The van der Waals surface area contributed by atoms with Crippen LogP contribution >= 0.6 is 11.6 Å². The summed E-state index contributed by atoms with van der Waals surface area (Å²) in [6.07, 6.45) is 1.55. The van der Waals surface area contributed by atoms with Gasteiger partial charge in [-0.15, -0.1) is 0 Å². The number of piperazine rings is 1. The van der Waals surface area contributed by atoms with Crippen molar-refractivity contribution in [2.45, 2.75) is 19.9 Å². The van der Waals surface area contributed by atoms with Gasteiger partial charge in [0.1, 0.15) is 11.5 Å². The first-order chi connectivity index (χ1) is 17.3. The lowest BCUT2D eigenvalue weighted by atomic mass is 10.0. The monoisotopic (exact) mass is 508 g/mol. The molecule has 1 heterocycles. The molecule has 3 aromatic rings. The van der Waals surface area contributed by atoms with Crippen LogP contribution in [-0.4, -0.2) is 71.8 Å². The molecule has 0 spiro atoms. The minimum absolute atomic E-state index is 0.0230. The molecule has 0 aromatic heterocycles. The molecule has 9 heteroatoms. The van der Waals surface area contributed by atoms with Crippen molar-refractivity contribution < 1.29 is 19.4 Å². The van der Waals surface area contributed by atoms with Crippen molar-refractivity contribution in [1.82, 2.24) is 15.2 Å². The predicted molar refractivity (Wildman–Crippen MR) is 141 cm³/mol. The summed E-state index contributed by atoms with van der Waals surface area (Å²) in [6, 6.07) is 15.9. The van der Waals surface area contributed by atoms with Crippen LogP contribution in [0.3, 0.4) is 0 Å². The van der Waals surface area contributed by atoms with Gasteiger partial charge in [-0.1, -0.05) is 35.9 Å². The fourth-order valence-corrected chi connectivity index (χ4v) is 4.31. The second kappa shape index (κ2) is 11.4. The molecule has 1 aliphatic rings. The van der Waals surface area contributed by atoms with Gasteiger partial charge in [0.05, 0.1) is 11.2 Å². The zero-order valence-electron chi connectivity index (χ0n) is 20.3. The summed E-state index contributed by atoms with van der Waals surface area (Å²) >= 11 is 5.87. The van der Waals surface area contributed by atoms with Crippen molar-refractivity contribution in [1.29, 1.82) is 0 Å². The van der Waals surface area contributed by atoms with Gasteiger partial charge in [0.25, 0.3) is 11.8 Å². The molecule has 8 nitrogen and oxygen atoms in total. The van der Waals surface area contributed by atoms with Gasteiger partial charge in [0.2, 0.25) is 0 Å². The number of carbonyl (C=O) groups excluding carboxylic acids is 2. The predicted octanol–water partition coefficient (Wildman–Crippen LogP) is 3.89.